The average molecular weight is 520 g/mol. The molecule has 0 spiro atoms. The lowest BCUT2D eigenvalue weighted by atomic mass is 10.0. The van der Waals surface area contributed by atoms with E-state index in [9.17, 15) is 8.78 Å². The van der Waals surface area contributed by atoms with Crippen molar-refractivity contribution in [1.82, 2.24) is 0 Å². The Morgan fingerprint density at radius 3 is 1.46 bits per heavy atom. The molecule has 2 aliphatic carbocycles. The highest BCUT2D eigenvalue weighted by Crippen LogP contribution is 2.41. The second-order valence-corrected chi connectivity index (χ2v) is 12.0. The zero-order valence-electron chi connectivity index (χ0n) is 21.1. The highest BCUT2D eigenvalue weighted by Gasteiger charge is 2.37. The van der Waals surface area contributed by atoms with E-state index in [-0.39, 0.29) is 11.5 Å². The van der Waals surface area contributed by atoms with E-state index >= 15 is 0 Å². The average Bonchev–Trinajstić information content (AvgIpc) is 3.59. The first kappa shape index (κ1) is 25.6. The number of hydrogen-bond acceptors (Lipinski definition) is 2. The van der Waals surface area contributed by atoms with Crippen LogP contribution in [0.2, 0.25) is 0 Å². The number of rotatable bonds is 9. The van der Waals surface area contributed by atoms with Gasteiger partial charge in [-0.25, -0.2) is 8.78 Å². The molecule has 0 unspecified atom stereocenters. The molecule has 0 aromatic heterocycles. The Morgan fingerprint density at radius 1 is 0.622 bits per heavy atom. The normalized spacial score (nSPS) is 18.0. The molecule has 2 saturated carbocycles. The molecular formula is C32H33F2O2S+. The molecule has 0 radical (unpaired) electrons. The van der Waals surface area contributed by atoms with E-state index in [0.717, 1.165) is 66.1 Å². The Labute approximate surface area is 221 Å². The summed E-state index contributed by atoms with van der Waals surface area (Å²) in [5.74, 6) is -0.345. The second-order valence-electron chi connectivity index (χ2n) is 9.96. The summed E-state index contributed by atoms with van der Waals surface area (Å²) in [6.07, 6.45) is 11.1. The van der Waals surface area contributed by atoms with Crippen LogP contribution in [0.1, 0.15) is 51.4 Å². The maximum Gasteiger partial charge on any atom is 0.170 e. The zero-order chi connectivity index (χ0) is 25.9. The van der Waals surface area contributed by atoms with Gasteiger partial charge >= 0.3 is 0 Å². The van der Waals surface area contributed by atoms with E-state index in [1.807, 2.05) is 42.5 Å². The van der Waals surface area contributed by atoms with E-state index in [2.05, 4.69) is 13.2 Å². The van der Waals surface area contributed by atoms with E-state index < -0.39 is 33.7 Å². The van der Waals surface area contributed by atoms with Gasteiger partial charge in [0, 0.05) is 12.1 Å². The maximum atomic E-state index is 15.0. The van der Waals surface area contributed by atoms with Gasteiger partial charge in [0.25, 0.3) is 0 Å². The molecule has 3 aromatic carbocycles. The van der Waals surface area contributed by atoms with E-state index in [1.165, 1.54) is 12.1 Å². The zero-order valence-corrected chi connectivity index (χ0v) is 21.9. The molecule has 0 amide bonds. The summed E-state index contributed by atoms with van der Waals surface area (Å²) in [6, 6.07) is 20.1. The highest BCUT2D eigenvalue weighted by atomic mass is 32.2. The molecule has 0 saturated heterocycles. The van der Waals surface area contributed by atoms with Crippen LogP contribution in [0.15, 0.2) is 107 Å². The topological polar surface area (TPSA) is 18.5 Å². The van der Waals surface area contributed by atoms with Crippen LogP contribution in [0.4, 0.5) is 8.78 Å². The third kappa shape index (κ3) is 5.33. The van der Waals surface area contributed by atoms with Crippen LogP contribution in [0.5, 0.6) is 11.5 Å². The van der Waals surface area contributed by atoms with Crippen molar-refractivity contribution in [3.63, 3.8) is 0 Å². The third-order valence-corrected chi connectivity index (χ3v) is 9.72. The van der Waals surface area contributed by atoms with Crippen molar-refractivity contribution in [2.45, 2.75) is 77.3 Å². The van der Waals surface area contributed by atoms with Gasteiger partial charge in [-0.2, -0.15) is 0 Å². The van der Waals surface area contributed by atoms with Crippen molar-refractivity contribution in [2.75, 3.05) is 0 Å². The lowest BCUT2D eigenvalue weighted by molar-refractivity contribution is 0.121. The summed E-state index contributed by atoms with van der Waals surface area (Å²) in [4.78, 5) is 2.81. The Morgan fingerprint density at radius 2 is 1.05 bits per heavy atom. The van der Waals surface area contributed by atoms with Crippen molar-refractivity contribution in [3.8, 4) is 11.5 Å². The molecule has 192 valence electrons. The summed E-state index contributed by atoms with van der Waals surface area (Å²) in [6.45, 7) is 7.93. The SMILES string of the molecule is C=CC1(Oc2cc([S+](c3ccccc3)c3ccc(F)c(OC4(C=C)CCCC4)c3)ccc2F)CCCC1. The molecule has 2 nitrogen and oxygen atoms in total. The van der Waals surface area contributed by atoms with Crippen molar-refractivity contribution >= 4 is 10.9 Å². The molecule has 5 rings (SSSR count). The van der Waals surface area contributed by atoms with Crippen molar-refractivity contribution in [2.24, 2.45) is 0 Å². The van der Waals surface area contributed by atoms with Gasteiger partial charge in [-0.3, -0.25) is 0 Å². The summed E-state index contributed by atoms with van der Waals surface area (Å²) in [7, 11) is -0.634. The number of ether oxygens (including phenoxy) is 2. The Kier molecular flexibility index (Phi) is 7.43. The van der Waals surface area contributed by atoms with E-state index in [4.69, 9.17) is 9.47 Å². The fraction of sp³-hybridized carbons (Fsp3) is 0.312. The summed E-state index contributed by atoms with van der Waals surface area (Å²) >= 11 is 0. The van der Waals surface area contributed by atoms with Crippen LogP contribution < -0.4 is 9.47 Å². The predicted molar refractivity (Wildman–Crippen MR) is 145 cm³/mol. The fourth-order valence-corrected chi connectivity index (χ4v) is 7.53. The first-order chi connectivity index (χ1) is 18.0. The van der Waals surface area contributed by atoms with Gasteiger partial charge in [0.05, 0.1) is 10.9 Å². The standard InChI is InChI=1S/C32H33F2O2S/c1-3-31(18-8-9-19-31)35-29-22-25(14-16-27(29)33)37(24-12-6-5-7-13-24)26-15-17-28(34)30(23-26)36-32(4-2)20-10-11-21-32/h3-7,12-17,22-23H,1-2,8-11,18-21H2/q+1. The van der Waals surface area contributed by atoms with Gasteiger partial charge < -0.3 is 9.47 Å². The minimum absolute atomic E-state index is 0.225. The lowest BCUT2D eigenvalue weighted by Crippen LogP contribution is -2.30. The molecule has 0 heterocycles. The molecule has 37 heavy (non-hydrogen) atoms. The molecule has 2 aliphatic rings. The van der Waals surface area contributed by atoms with Gasteiger partial charge in [-0.15, -0.1) is 0 Å². The van der Waals surface area contributed by atoms with Crippen LogP contribution in [-0.2, 0) is 10.9 Å². The number of hydrogen-bond donors (Lipinski definition) is 0. The molecule has 5 heteroatoms. The maximum absolute atomic E-state index is 15.0. The van der Waals surface area contributed by atoms with Gasteiger partial charge in [-0.05, 0) is 99.9 Å². The van der Waals surface area contributed by atoms with Crippen molar-refractivity contribution in [1.29, 1.82) is 0 Å². The number of benzene rings is 3. The smallest absolute Gasteiger partial charge is 0.170 e. The van der Waals surface area contributed by atoms with Crippen LogP contribution in [0.3, 0.4) is 0 Å². The summed E-state index contributed by atoms with van der Waals surface area (Å²) < 4.78 is 42.5. The molecule has 0 bridgehead atoms. The van der Waals surface area contributed by atoms with E-state index in [0.29, 0.717) is 0 Å². The summed E-state index contributed by atoms with van der Waals surface area (Å²) in [5.41, 5.74) is -1.08. The van der Waals surface area contributed by atoms with Gasteiger partial charge in [-0.1, -0.05) is 31.4 Å². The Bertz CT molecular complexity index is 1180. The van der Waals surface area contributed by atoms with E-state index in [1.54, 1.807) is 24.3 Å². The second kappa shape index (κ2) is 10.7. The lowest BCUT2D eigenvalue weighted by Gasteiger charge is -2.27. The summed E-state index contributed by atoms with van der Waals surface area (Å²) in [5, 5.41) is 0. The number of halogens is 2. The monoisotopic (exact) mass is 519 g/mol. The Hall–Kier alpha value is -3.05. The first-order valence-electron chi connectivity index (χ1n) is 13.0. The van der Waals surface area contributed by atoms with Gasteiger partial charge in [0.1, 0.15) is 11.2 Å². The first-order valence-corrected chi connectivity index (χ1v) is 14.2. The van der Waals surface area contributed by atoms with Gasteiger partial charge in [0.15, 0.2) is 37.8 Å². The van der Waals surface area contributed by atoms with Crippen LogP contribution in [0.25, 0.3) is 0 Å². The largest absolute Gasteiger partial charge is 0.480 e. The van der Waals surface area contributed by atoms with Crippen molar-refractivity contribution in [3.05, 3.63) is 104 Å². The highest BCUT2D eigenvalue weighted by molar-refractivity contribution is 7.97. The van der Waals surface area contributed by atoms with Crippen LogP contribution in [-0.4, -0.2) is 11.2 Å². The third-order valence-electron chi connectivity index (χ3n) is 7.53. The molecule has 2 fully saturated rings. The minimum Gasteiger partial charge on any atom is -0.480 e. The molecule has 0 atom stereocenters. The fourth-order valence-electron chi connectivity index (χ4n) is 5.42. The predicted octanol–water partition coefficient (Wildman–Crippen LogP) is 8.82. The molecule has 3 aromatic rings. The van der Waals surface area contributed by atoms with Gasteiger partial charge in [0.2, 0.25) is 0 Å². The minimum atomic E-state index is -0.634. The van der Waals surface area contributed by atoms with Crippen molar-refractivity contribution < 1.29 is 18.3 Å². The molecular weight excluding hydrogens is 486 g/mol. The Balaban J connectivity index is 1.56. The van der Waals surface area contributed by atoms with Crippen LogP contribution in [0, 0.1) is 11.6 Å². The van der Waals surface area contributed by atoms with Crippen LogP contribution >= 0.6 is 0 Å². The molecule has 0 N–H and O–H groups in total. The quantitative estimate of drug-likeness (QED) is 0.208. The molecule has 0 aliphatic heterocycles.